The van der Waals surface area contributed by atoms with E-state index in [0.29, 0.717) is 25.9 Å². The summed E-state index contributed by atoms with van der Waals surface area (Å²) < 4.78 is 2.06. The van der Waals surface area contributed by atoms with Crippen molar-refractivity contribution in [2.45, 2.75) is 44.9 Å². The first-order valence-corrected chi connectivity index (χ1v) is 7.84. The number of hydrogen-bond donors (Lipinski definition) is 1. The average Bonchev–Trinajstić information content (AvgIpc) is 3.19. The van der Waals surface area contributed by atoms with Crippen LogP contribution in [0.15, 0.2) is 12.2 Å². The zero-order valence-corrected chi connectivity index (χ0v) is 13.6. The molecule has 2 fully saturated rings. The molecular weight excluding hydrogens is 280 g/mol. The van der Waals surface area contributed by atoms with Crippen molar-refractivity contribution < 1.29 is 9.90 Å². The van der Waals surface area contributed by atoms with Crippen LogP contribution >= 0.6 is 0 Å². The van der Waals surface area contributed by atoms with Crippen LogP contribution in [0.4, 0.5) is 5.95 Å². The number of rotatable bonds is 4. The third-order valence-electron chi connectivity index (χ3n) is 5.51. The van der Waals surface area contributed by atoms with Crippen molar-refractivity contribution in [3.05, 3.63) is 18.0 Å². The molecule has 2 heterocycles. The Morgan fingerprint density at radius 3 is 2.27 bits per heavy atom. The first kappa shape index (κ1) is 15.1. The Morgan fingerprint density at radius 1 is 1.23 bits per heavy atom. The summed E-state index contributed by atoms with van der Waals surface area (Å²) in [5.41, 5.74) is 0.533. The highest BCUT2D eigenvalue weighted by Gasteiger charge is 2.49. The number of carbonyl (C=O) groups is 1. The van der Waals surface area contributed by atoms with Gasteiger partial charge in [-0.05, 0) is 39.5 Å². The van der Waals surface area contributed by atoms with Crippen molar-refractivity contribution in [1.29, 1.82) is 0 Å². The van der Waals surface area contributed by atoms with Crippen LogP contribution in [0.25, 0.3) is 0 Å². The van der Waals surface area contributed by atoms with E-state index in [1.165, 1.54) is 0 Å². The Balaban J connectivity index is 1.80. The summed E-state index contributed by atoms with van der Waals surface area (Å²) in [6.07, 6.45) is 3.45. The summed E-state index contributed by atoms with van der Waals surface area (Å²) in [4.78, 5) is 13.5. The van der Waals surface area contributed by atoms with E-state index in [9.17, 15) is 9.90 Å². The van der Waals surface area contributed by atoms with Crippen molar-refractivity contribution in [2.75, 3.05) is 18.0 Å². The third kappa shape index (κ3) is 2.12. The van der Waals surface area contributed by atoms with E-state index in [1.807, 2.05) is 14.0 Å². The van der Waals surface area contributed by atoms with Gasteiger partial charge in [0.05, 0.1) is 10.8 Å². The molecule has 0 amide bonds. The SMILES string of the molecule is C=C(C)C1(c2nnc(N3CCC(C)(C(=O)O)CC3)n2C)CC1. The van der Waals surface area contributed by atoms with Gasteiger partial charge in [-0.1, -0.05) is 12.2 Å². The van der Waals surface area contributed by atoms with E-state index in [4.69, 9.17) is 0 Å². The summed E-state index contributed by atoms with van der Waals surface area (Å²) in [5.74, 6) is 1.13. The minimum Gasteiger partial charge on any atom is -0.481 e. The summed E-state index contributed by atoms with van der Waals surface area (Å²) in [6, 6.07) is 0. The first-order valence-electron chi connectivity index (χ1n) is 7.84. The van der Waals surface area contributed by atoms with Gasteiger partial charge in [-0.25, -0.2) is 0 Å². The lowest BCUT2D eigenvalue weighted by Gasteiger charge is -2.36. The van der Waals surface area contributed by atoms with Crippen molar-refractivity contribution in [2.24, 2.45) is 12.5 Å². The van der Waals surface area contributed by atoms with E-state index < -0.39 is 11.4 Å². The fraction of sp³-hybridized carbons (Fsp3) is 0.688. The predicted octanol–water partition coefficient (Wildman–Crippen LogP) is 2.11. The minimum absolute atomic E-state index is 0.00532. The topological polar surface area (TPSA) is 71.2 Å². The minimum atomic E-state index is -0.704. The van der Waals surface area contributed by atoms with Gasteiger partial charge in [0.2, 0.25) is 5.95 Å². The molecule has 6 heteroatoms. The number of carboxylic acid groups (broad SMARTS) is 1. The monoisotopic (exact) mass is 304 g/mol. The molecule has 0 spiro atoms. The predicted molar refractivity (Wildman–Crippen MR) is 83.9 cm³/mol. The van der Waals surface area contributed by atoms with Gasteiger partial charge in [0, 0.05) is 20.1 Å². The van der Waals surface area contributed by atoms with Crippen molar-refractivity contribution in [1.82, 2.24) is 14.8 Å². The molecule has 1 aromatic heterocycles. The molecule has 22 heavy (non-hydrogen) atoms. The smallest absolute Gasteiger partial charge is 0.309 e. The summed E-state index contributed by atoms with van der Waals surface area (Å²) in [6.45, 7) is 9.40. The standard InChI is InChI=1S/C16H24N4O2/c1-11(2)16(5-6-16)12-17-18-14(19(12)4)20-9-7-15(3,8-10-20)13(21)22/h1,5-10H2,2-4H3,(H,21,22). The van der Waals surface area contributed by atoms with Crippen LogP contribution in [-0.4, -0.2) is 38.9 Å². The highest BCUT2D eigenvalue weighted by molar-refractivity contribution is 5.74. The van der Waals surface area contributed by atoms with E-state index in [-0.39, 0.29) is 5.41 Å². The van der Waals surface area contributed by atoms with Gasteiger partial charge >= 0.3 is 5.97 Å². The number of anilines is 1. The maximum Gasteiger partial charge on any atom is 0.309 e. The molecule has 6 nitrogen and oxygen atoms in total. The lowest BCUT2D eigenvalue weighted by molar-refractivity contribution is -0.149. The van der Waals surface area contributed by atoms with Crippen LogP contribution in [0, 0.1) is 5.41 Å². The molecule has 1 aliphatic heterocycles. The van der Waals surface area contributed by atoms with Crippen LogP contribution in [0.2, 0.25) is 0 Å². The molecule has 0 bridgehead atoms. The number of carboxylic acids is 1. The summed E-state index contributed by atoms with van der Waals surface area (Å²) >= 11 is 0. The van der Waals surface area contributed by atoms with E-state index >= 15 is 0 Å². The molecule has 3 rings (SSSR count). The zero-order chi connectivity index (χ0) is 16.1. The zero-order valence-electron chi connectivity index (χ0n) is 13.6. The van der Waals surface area contributed by atoms with Crippen LogP contribution in [0.5, 0.6) is 0 Å². The average molecular weight is 304 g/mol. The normalized spacial score (nSPS) is 22.4. The second-order valence-electron chi connectivity index (χ2n) is 7.10. The Labute approximate surface area is 130 Å². The van der Waals surface area contributed by atoms with Crippen LogP contribution < -0.4 is 4.90 Å². The fourth-order valence-corrected chi connectivity index (χ4v) is 3.39. The third-order valence-corrected chi connectivity index (χ3v) is 5.51. The Morgan fingerprint density at radius 2 is 1.82 bits per heavy atom. The lowest BCUT2D eigenvalue weighted by Crippen LogP contribution is -2.43. The molecule has 0 unspecified atom stereocenters. The first-order chi connectivity index (χ1) is 10.3. The second kappa shape index (κ2) is 4.83. The number of piperidine rings is 1. The molecule has 1 aromatic rings. The number of aromatic nitrogens is 3. The van der Waals surface area contributed by atoms with Gasteiger partial charge in [0.1, 0.15) is 5.82 Å². The van der Waals surface area contributed by atoms with Crippen molar-refractivity contribution >= 4 is 11.9 Å². The summed E-state index contributed by atoms with van der Waals surface area (Å²) in [7, 11) is 2.00. The van der Waals surface area contributed by atoms with Crippen LogP contribution in [0.1, 0.15) is 45.4 Å². The van der Waals surface area contributed by atoms with Gasteiger partial charge in [-0.3, -0.25) is 9.36 Å². The van der Waals surface area contributed by atoms with E-state index in [1.54, 1.807) is 0 Å². The van der Waals surface area contributed by atoms with Gasteiger partial charge in [0.15, 0.2) is 0 Å². The summed E-state index contributed by atoms with van der Waals surface area (Å²) in [5, 5.41) is 18.1. The molecule has 1 saturated carbocycles. The number of hydrogen-bond acceptors (Lipinski definition) is 4. The fourth-order valence-electron chi connectivity index (χ4n) is 3.39. The van der Waals surface area contributed by atoms with Gasteiger partial charge in [0.25, 0.3) is 0 Å². The maximum atomic E-state index is 11.3. The molecule has 0 atom stereocenters. The molecular formula is C16H24N4O2. The number of allylic oxidation sites excluding steroid dienone is 1. The highest BCUT2D eigenvalue weighted by atomic mass is 16.4. The van der Waals surface area contributed by atoms with E-state index in [2.05, 4.69) is 33.2 Å². The van der Waals surface area contributed by atoms with Crippen LogP contribution in [-0.2, 0) is 17.3 Å². The van der Waals surface area contributed by atoms with Crippen LogP contribution in [0.3, 0.4) is 0 Å². The van der Waals surface area contributed by atoms with Gasteiger partial charge < -0.3 is 10.0 Å². The Kier molecular flexibility index (Phi) is 3.30. The molecule has 120 valence electrons. The Bertz CT molecular complexity index is 622. The number of aliphatic carboxylic acids is 1. The van der Waals surface area contributed by atoms with Crippen molar-refractivity contribution in [3.8, 4) is 0 Å². The molecule has 0 aromatic carbocycles. The number of nitrogens with zero attached hydrogens (tertiary/aromatic N) is 4. The molecule has 0 radical (unpaired) electrons. The largest absolute Gasteiger partial charge is 0.481 e. The van der Waals surface area contributed by atoms with Gasteiger partial charge in [-0.15, -0.1) is 10.2 Å². The molecule has 2 aliphatic rings. The highest BCUT2D eigenvalue weighted by Crippen LogP contribution is 2.52. The second-order valence-corrected chi connectivity index (χ2v) is 7.10. The molecule has 1 aliphatic carbocycles. The van der Waals surface area contributed by atoms with Crippen molar-refractivity contribution in [3.63, 3.8) is 0 Å². The van der Waals surface area contributed by atoms with E-state index in [0.717, 1.165) is 30.2 Å². The Hall–Kier alpha value is -1.85. The van der Waals surface area contributed by atoms with Gasteiger partial charge in [-0.2, -0.15) is 0 Å². The maximum absolute atomic E-state index is 11.3. The molecule has 1 N–H and O–H groups in total. The lowest BCUT2D eigenvalue weighted by atomic mass is 9.80. The molecule has 1 saturated heterocycles. The quantitative estimate of drug-likeness (QED) is 0.863.